The van der Waals surface area contributed by atoms with E-state index in [0.29, 0.717) is 27.5 Å². The van der Waals surface area contributed by atoms with E-state index in [-0.39, 0.29) is 23.4 Å². The minimum atomic E-state index is -0.298. The maximum absolute atomic E-state index is 12.2. The Labute approximate surface area is 144 Å². The van der Waals surface area contributed by atoms with Gasteiger partial charge in [-0.15, -0.1) is 0 Å². The average Bonchev–Trinajstić information content (AvgIpc) is 2.50. The lowest BCUT2D eigenvalue weighted by Gasteiger charge is -2.09. The fourth-order valence-electron chi connectivity index (χ4n) is 2.03. The Morgan fingerprint density at radius 1 is 1.22 bits per heavy atom. The third-order valence-electron chi connectivity index (χ3n) is 3.12. The molecule has 2 N–H and O–H groups in total. The zero-order chi connectivity index (χ0) is 17.0. The van der Waals surface area contributed by atoms with Crippen molar-refractivity contribution in [2.75, 3.05) is 12.4 Å². The van der Waals surface area contributed by atoms with Crippen molar-refractivity contribution in [1.82, 2.24) is 10.3 Å². The van der Waals surface area contributed by atoms with Gasteiger partial charge in [-0.25, -0.2) is 4.98 Å². The fourth-order valence-corrected chi connectivity index (χ4v) is 2.69. The Kier molecular flexibility index (Phi) is 5.58. The SMILES string of the molecule is CNC(=O)c1cccc(NC(=O)Cc2c(Cl)cc(C)nc2Cl)c1. The smallest absolute Gasteiger partial charge is 0.251 e. The van der Waals surface area contributed by atoms with Gasteiger partial charge in [0.2, 0.25) is 5.91 Å². The van der Waals surface area contributed by atoms with Gasteiger partial charge in [-0.05, 0) is 31.2 Å². The molecule has 1 aromatic heterocycles. The van der Waals surface area contributed by atoms with Gasteiger partial charge >= 0.3 is 0 Å². The standard InChI is InChI=1S/C16H15Cl2N3O2/c1-9-6-13(17)12(15(18)20-9)8-14(22)21-11-5-3-4-10(7-11)16(23)19-2/h3-7H,8H2,1-2H3,(H,19,23)(H,21,22). The summed E-state index contributed by atoms with van der Waals surface area (Å²) < 4.78 is 0. The van der Waals surface area contributed by atoms with Crippen molar-refractivity contribution in [2.24, 2.45) is 0 Å². The van der Waals surface area contributed by atoms with Crippen LogP contribution >= 0.6 is 23.2 Å². The van der Waals surface area contributed by atoms with Gasteiger partial charge in [0.15, 0.2) is 0 Å². The molecule has 7 heteroatoms. The first-order valence-corrected chi connectivity index (χ1v) is 7.60. The number of carbonyl (C=O) groups excluding carboxylic acids is 2. The number of rotatable bonds is 4. The van der Waals surface area contributed by atoms with E-state index in [1.807, 2.05) is 0 Å². The van der Waals surface area contributed by atoms with Crippen molar-refractivity contribution < 1.29 is 9.59 Å². The average molecular weight is 352 g/mol. The fraction of sp³-hybridized carbons (Fsp3) is 0.188. The molecule has 2 rings (SSSR count). The molecule has 5 nitrogen and oxygen atoms in total. The minimum absolute atomic E-state index is 0.00481. The second kappa shape index (κ2) is 7.44. The summed E-state index contributed by atoms with van der Waals surface area (Å²) in [5, 5.41) is 5.85. The van der Waals surface area contributed by atoms with Crippen LogP contribution in [-0.2, 0) is 11.2 Å². The number of benzene rings is 1. The number of amides is 2. The van der Waals surface area contributed by atoms with Crippen LogP contribution in [0.2, 0.25) is 10.2 Å². The summed E-state index contributed by atoms with van der Waals surface area (Å²) in [5.74, 6) is -0.525. The lowest BCUT2D eigenvalue weighted by atomic mass is 10.1. The first kappa shape index (κ1) is 17.2. The lowest BCUT2D eigenvalue weighted by molar-refractivity contribution is -0.115. The molecule has 0 unspecified atom stereocenters. The maximum Gasteiger partial charge on any atom is 0.251 e. The summed E-state index contributed by atoms with van der Waals surface area (Å²) in [7, 11) is 1.54. The molecule has 1 heterocycles. The first-order valence-electron chi connectivity index (χ1n) is 6.84. The number of hydrogen-bond acceptors (Lipinski definition) is 3. The zero-order valence-corrected chi connectivity index (χ0v) is 14.1. The van der Waals surface area contributed by atoms with E-state index in [4.69, 9.17) is 23.2 Å². The van der Waals surface area contributed by atoms with Crippen molar-refractivity contribution in [3.05, 3.63) is 57.3 Å². The predicted molar refractivity (Wildman–Crippen MR) is 91.2 cm³/mol. The van der Waals surface area contributed by atoms with Crippen molar-refractivity contribution in [3.63, 3.8) is 0 Å². The van der Waals surface area contributed by atoms with Crippen LogP contribution in [-0.4, -0.2) is 23.8 Å². The van der Waals surface area contributed by atoms with Crippen LogP contribution in [0, 0.1) is 6.92 Å². The Balaban J connectivity index is 2.13. The van der Waals surface area contributed by atoms with Gasteiger partial charge in [-0.2, -0.15) is 0 Å². The molecule has 0 saturated heterocycles. The van der Waals surface area contributed by atoms with E-state index in [1.54, 1.807) is 44.3 Å². The van der Waals surface area contributed by atoms with Gasteiger partial charge in [0.25, 0.3) is 5.91 Å². The Morgan fingerprint density at radius 3 is 2.61 bits per heavy atom. The number of pyridine rings is 1. The van der Waals surface area contributed by atoms with E-state index >= 15 is 0 Å². The molecular weight excluding hydrogens is 337 g/mol. The summed E-state index contributed by atoms with van der Waals surface area (Å²) in [4.78, 5) is 27.9. The molecule has 0 aliphatic carbocycles. The summed E-state index contributed by atoms with van der Waals surface area (Å²) in [6.45, 7) is 1.77. The molecule has 0 bridgehead atoms. The van der Waals surface area contributed by atoms with Crippen LogP contribution in [0.25, 0.3) is 0 Å². The monoisotopic (exact) mass is 351 g/mol. The minimum Gasteiger partial charge on any atom is -0.355 e. The summed E-state index contributed by atoms with van der Waals surface area (Å²) >= 11 is 12.1. The third-order valence-corrected chi connectivity index (χ3v) is 3.77. The van der Waals surface area contributed by atoms with Crippen molar-refractivity contribution in [3.8, 4) is 0 Å². The van der Waals surface area contributed by atoms with E-state index < -0.39 is 0 Å². The lowest BCUT2D eigenvalue weighted by Crippen LogP contribution is -2.19. The maximum atomic E-state index is 12.2. The topological polar surface area (TPSA) is 71.1 Å². The quantitative estimate of drug-likeness (QED) is 0.830. The molecular formula is C16H15Cl2N3O2. The van der Waals surface area contributed by atoms with E-state index in [9.17, 15) is 9.59 Å². The first-order chi connectivity index (χ1) is 10.9. The van der Waals surface area contributed by atoms with Gasteiger partial charge in [0.1, 0.15) is 5.15 Å². The van der Waals surface area contributed by atoms with Crippen LogP contribution < -0.4 is 10.6 Å². The highest BCUT2D eigenvalue weighted by atomic mass is 35.5. The Hall–Kier alpha value is -2.11. The number of anilines is 1. The molecule has 0 fully saturated rings. The van der Waals surface area contributed by atoms with Crippen LogP contribution in [0.5, 0.6) is 0 Å². The molecule has 0 aliphatic heterocycles. The van der Waals surface area contributed by atoms with Gasteiger partial charge in [0.05, 0.1) is 6.42 Å². The molecule has 0 aliphatic rings. The Bertz CT molecular complexity index is 740. The molecule has 0 saturated carbocycles. The summed E-state index contributed by atoms with van der Waals surface area (Å²) in [5.41, 5.74) is 2.13. The van der Waals surface area contributed by atoms with Gasteiger partial charge in [-0.1, -0.05) is 29.3 Å². The van der Waals surface area contributed by atoms with Gasteiger partial charge < -0.3 is 10.6 Å². The molecule has 120 valence electrons. The van der Waals surface area contributed by atoms with E-state index in [2.05, 4.69) is 15.6 Å². The van der Waals surface area contributed by atoms with Crippen molar-refractivity contribution in [2.45, 2.75) is 13.3 Å². The largest absolute Gasteiger partial charge is 0.355 e. The number of aryl methyl sites for hydroxylation is 1. The predicted octanol–water partition coefficient (Wildman–Crippen LogP) is 3.24. The number of carbonyl (C=O) groups is 2. The van der Waals surface area contributed by atoms with Crippen molar-refractivity contribution >= 4 is 40.7 Å². The van der Waals surface area contributed by atoms with E-state index in [1.165, 1.54) is 0 Å². The highest BCUT2D eigenvalue weighted by molar-refractivity contribution is 6.35. The van der Waals surface area contributed by atoms with Crippen LogP contribution in [0.15, 0.2) is 30.3 Å². The Morgan fingerprint density at radius 2 is 1.96 bits per heavy atom. The number of halogens is 2. The number of aromatic nitrogens is 1. The molecule has 2 amide bonds. The molecule has 0 atom stereocenters. The zero-order valence-electron chi connectivity index (χ0n) is 12.6. The molecule has 0 spiro atoms. The van der Waals surface area contributed by atoms with Crippen LogP contribution in [0.4, 0.5) is 5.69 Å². The van der Waals surface area contributed by atoms with Crippen LogP contribution in [0.1, 0.15) is 21.6 Å². The third kappa shape index (κ3) is 4.43. The highest BCUT2D eigenvalue weighted by Gasteiger charge is 2.14. The van der Waals surface area contributed by atoms with E-state index in [0.717, 1.165) is 0 Å². The number of nitrogens with zero attached hydrogens (tertiary/aromatic N) is 1. The summed E-state index contributed by atoms with van der Waals surface area (Å²) in [6, 6.07) is 8.29. The second-order valence-electron chi connectivity index (χ2n) is 4.90. The molecule has 23 heavy (non-hydrogen) atoms. The van der Waals surface area contributed by atoms with Crippen LogP contribution in [0.3, 0.4) is 0 Å². The number of hydrogen-bond donors (Lipinski definition) is 2. The van der Waals surface area contributed by atoms with Gasteiger partial charge in [0, 0.05) is 34.6 Å². The summed E-state index contributed by atoms with van der Waals surface area (Å²) in [6.07, 6.45) is -0.00481. The van der Waals surface area contributed by atoms with Gasteiger partial charge in [-0.3, -0.25) is 9.59 Å². The molecule has 0 radical (unpaired) electrons. The molecule has 2 aromatic rings. The normalized spacial score (nSPS) is 10.3. The second-order valence-corrected chi connectivity index (χ2v) is 5.66. The highest BCUT2D eigenvalue weighted by Crippen LogP contribution is 2.24. The van der Waals surface area contributed by atoms with Crippen molar-refractivity contribution in [1.29, 1.82) is 0 Å². The molecule has 1 aromatic carbocycles. The number of nitrogens with one attached hydrogen (secondary N) is 2.